The van der Waals surface area contributed by atoms with Gasteiger partial charge in [-0.3, -0.25) is 9.88 Å². The molecular formula is C15H24FN3O. The molecule has 1 fully saturated rings. The maximum absolute atomic E-state index is 12.9. The molecule has 2 N–H and O–H groups in total. The minimum atomic E-state index is -0.308. The Labute approximate surface area is 120 Å². The van der Waals surface area contributed by atoms with Gasteiger partial charge in [-0.2, -0.15) is 0 Å². The van der Waals surface area contributed by atoms with Crippen LogP contribution in [-0.2, 0) is 0 Å². The van der Waals surface area contributed by atoms with Gasteiger partial charge < -0.3 is 10.4 Å². The Kier molecular flexibility index (Phi) is 5.46. The van der Waals surface area contributed by atoms with Crippen molar-refractivity contribution < 1.29 is 9.50 Å². The molecule has 3 atom stereocenters. The fourth-order valence-electron chi connectivity index (χ4n) is 2.99. The van der Waals surface area contributed by atoms with E-state index in [0.717, 1.165) is 31.6 Å². The van der Waals surface area contributed by atoms with E-state index in [4.69, 9.17) is 0 Å². The number of hydrogen-bond acceptors (Lipinski definition) is 4. The number of aromatic nitrogens is 1. The van der Waals surface area contributed by atoms with E-state index in [1.807, 2.05) is 7.05 Å². The maximum Gasteiger partial charge on any atom is 0.141 e. The van der Waals surface area contributed by atoms with Crippen molar-refractivity contribution in [1.82, 2.24) is 15.2 Å². The van der Waals surface area contributed by atoms with Crippen molar-refractivity contribution in [3.05, 3.63) is 29.8 Å². The molecule has 2 rings (SSSR count). The van der Waals surface area contributed by atoms with Gasteiger partial charge in [0, 0.05) is 12.6 Å². The van der Waals surface area contributed by atoms with E-state index >= 15 is 0 Å². The van der Waals surface area contributed by atoms with Crippen molar-refractivity contribution in [2.45, 2.75) is 31.8 Å². The number of pyridine rings is 1. The smallest absolute Gasteiger partial charge is 0.141 e. The summed E-state index contributed by atoms with van der Waals surface area (Å²) < 4.78 is 12.9. The summed E-state index contributed by atoms with van der Waals surface area (Å²) in [6, 6.07) is 3.56. The zero-order chi connectivity index (χ0) is 14.5. The second kappa shape index (κ2) is 7.11. The second-order valence-electron chi connectivity index (χ2n) is 5.58. The van der Waals surface area contributed by atoms with Crippen LogP contribution in [0.25, 0.3) is 0 Å². The van der Waals surface area contributed by atoms with Crippen LogP contribution in [-0.4, -0.2) is 47.8 Å². The fraction of sp³-hybridized carbons (Fsp3) is 0.667. The van der Waals surface area contributed by atoms with Crippen molar-refractivity contribution in [2.24, 2.45) is 5.92 Å². The molecule has 1 aromatic rings. The third kappa shape index (κ3) is 3.53. The Morgan fingerprint density at radius 1 is 1.55 bits per heavy atom. The number of rotatable bonds is 6. The maximum atomic E-state index is 12.9. The molecular weight excluding hydrogens is 257 g/mol. The summed E-state index contributed by atoms with van der Waals surface area (Å²) in [6.07, 6.45) is 3.30. The largest absolute Gasteiger partial charge is 0.395 e. The van der Waals surface area contributed by atoms with Crippen LogP contribution in [0.5, 0.6) is 0 Å². The molecule has 1 aromatic heterocycles. The van der Waals surface area contributed by atoms with Crippen LogP contribution in [0.3, 0.4) is 0 Å². The van der Waals surface area contributed by atoms with Gasteiger partial charge in [0.2, 0.25) is 0 Å². The lowest BCUT2D eigenvalue weighted by Gasteiger charge is -2.27. The highest BCUT2D eigenvalue weighted by Gasteiger charge is 2.30. The Balaban J connectivity index is 1.92. The van der Waals surface area contributed by atoms with E-state index in [0.29, 0.717) is 5.92 Å². The molecule has 0 saturated carbocycles. The van der Waals surface area contributed by atoms with Gasteiger partial charge in [0.05, 0.1) is 24.5 Å². The number of nitrogens with zero attached hydrogens (tertiary/aromatic N) is 2. The second-order valence-corrected chi connectivity index (χ2v) is 5.58. The standard InChI is InChI=1S/C15H24FN3O/c1-11-5-7-19(15(11)10-20)8-6-13(17-2)14-4-3-12(16)9-18-14/h3-4,9,11,13,15,17,20H,5-8,10H2,1-2H3. The first-order valence-electron chi connectivity index (χ1n) is 7.29. The molecule has 3 unspecified atom stereocenters. The zero-order valence-electron chi connectivity index (χ0n) is 12.2. The lowest BCUT2D eigenvalue weighted by atomic mass is 10.0. The van der Waals surface area contributed by atoms with E-state index in [1.54, 1.807) is 6.07 Å². The fourth-order valence-corrected chi connectivity index (χ4v) is 2.99. The molecule has 1 aliphatic heterocycles. The first-order valence-corrected chi connectivity index (χ1v) is 7.29. The zero-order valence-corrected chi connectivity index (χ0v) is 12.2. The van der Waals surface area contributed by atoms with E-state index in [-0.39, 0.29) is 24.5 Å². The van der Waals surface area contributed by atoms with Crippen LogP contribution in [0.15, 0.2) is 18.3 Å². The van der Waals surface area contributed by atoms with Gasteiger partial charge in [0.15, 0.2) is 0 Å². The number of nitrogens with one attached hydrogen (secondary N) is 1. The minimum absolute atomic E-state index is 0.117. The average Bonchev–Trinajstić information content (AvgIpc) is 2.81. The van der Waals surface area contributed by atoms with Crippen LogP contribution in [0.4, 0.5) is 4.39 Å². The van der Waals surface area contributed by atoms with E-state index in [2.05, 4.69) is 22.1 Å². The molecule has 0 bridgehead atoms. The molecule has 5 heteroatoms. The predicted octanol–water partition coefficient (Wildman–Crippen LogP) is 1.57. The predicted molar refractivity (Wildman–Crippen MR) is 76.8 cm³/mol. The van der Waals surface area contributed by atoms with Gasteiger partial charge in [0.25, 0.3) is 0 Å². The molecule has 0 amide bonds. The Morgan fingerprint density at radius 2 is 2.35 bits per heavy atom. The molecule has 2 heterocycles. The molecule has 4 nitrogen and oxygen atoms in total. The summed E-state index contributed by atoms with van der Waals surface area (Å²) in [5.41, 5.74) is 0.863. The summed E-state index contributed by atoms with van der Waals surface area (Å²) in [4.78, 5) is 6.49. The van der Waals surface area contributed by atoms with Gasteiger partial charge >= 0.3 is 0 Å². The molecule has 0 aromatic carbocycles. The van der Waals surface area contributed by atoms with Crippen molar-refractivity contribution in [1.29, 1.82) is 0 Å². The quantitative estimate of drug-likeness (QED) is 0.831. The van der Waals surface area contributed by atoms with E-state index in [1.165, 1.54) is 12.3 Å². The molecule has 1 saturated heterocycles. The summed E-state index contributed by atoms with van der Waals surface area (Å²) in [6.45, 7) is 4.37. The number of likely N-dealkylation sites (tertiary alicyclic amines) is 1. The molecule has 0 radical (unpaired) electrons. The number of aliphatic hydroxyl groups excluding tert-OH is 1. The summed E-state index contributed by atoms with van der Waals surface area (Å²) in [7, 11) is 1.89. The minimum Gasteiger partial charge on any atom is -0.395 e. The first-order chi connectivity index (χ1) is 9.65. The topological polar surface area (TPSA) is 48.4 Å². The lowest BCUT2D eigenvalue weighted by Crippen LogP contribution is -2.37. The van der Waals surface area contributed by atoms with Crippen molar-refractivity contribution in [3.8, 4) is 0 Å². The lowest BCUT2D eigenvalue weighted by molar-refractivity contribution is 0.135. The van der Waals surface area contributed by atoms with Crippen LogP contribution in [0.1, 0.15) is 31.5 Å². The normalized spacial score (nSPS) is 25.0. The molecule has 20 heavy (non-hydrogen) atoms. The summed E-state index contributed by atoms with van der Waals surface area (Å²) >= 11 is 0. The summed E-state index contributed by atoms with van der Waals surface area (Å²) in [5, 5.41) is 12.7. The van der Waals surface area contributed by atoms with Crippen molar-refractivity contribution in [2.75, 3.05) is 26.7 Å². The first kappa shape index (κ1) is 15.4. The Bertz CT molecular complexity index is 412. The van der Waals surface area contributed by atoms with Crippen molar-refractivity contribution >= 4 is 0 Å². The van der Waals surface area contributed by atoms with Gasteiger partial charge in [-0.25, -0.2) is 4.39 Å². The third-order valence-corrected chi connectivity index (χ3v) is 4.35. The molecule has 0 aliphatic carbocycles. The summed E-state index contributed by atoms with van der Waals surface area (Å²) in [5.74, 6) is 0.245. The Hall–Kier alpha value is -1.04. The number of hydrogen-bond donors (Lipinski definition) is 2. The van der Waals surface area contributed by atoms with Gasteiger partial charge in [0.1, 0.15) is 5.82 Å². The van der Waals surface area contributed by atoms with Gasteiger partial charge in [-0.15, -0.1) is 0 Å². The monoisotopic (exact) mass is 281 g/mol. The Morgan fingerprint density at radius 3 is 2.95 bits per heavy atom. The number of aliphatic hydroxyl groups is 1. The van der Waals surface area contributed by atoms with Gasteiger partial charge in [-0.05, 0) is 44.5 Å². The molecule has 1 aliphatic rings. The van der Waals surface area contributed by atoms with Crippen LogP contribution < -0.4 is 5.32 Å². The average molecular weight is 281 g/mol. The highest BCUT2D eigenvalue weighted by Crippen LogP contribution is 2.25. The van der Waals surface area contributed by atoms with E-state index in [9.17, 15) is 9.50 Å². The van der Waals surface area contributed by atoms with Crippen LogP contribution in [0.2, 0.25) is 0 Å². The van der Waals surface area contributed by atoms with Crippen LogP contribution in [0, 0.1) is 11.7 Å². The van der Waals surface area contributed by atoms with Crippen LogP contribution >= 0.6 is 0 Å². The van der Waals surface area contributed by atoms with Crippen molar-refractivity contribution in [3.63, 3.8) is 0 Å². The van der Waals surface area contributed by atoms with Gasteiger partial charge in [-0.1, -0.05) is 6.92 Å². The highest BCUT2D eigenvalue weighted by atomic mass is 19.1. The highest BCUT2D eigenvalue weighted by molar-refractivity contribution is 5.09. The van der Waals surface area contributed by atoms with E-state index < -0.39 is 0 Å². The molecule has 112 valence electrons. The SMILES string of the molecule is CNC(CCN1CCC(C)C1CO)c1ccc(F)cn1. The third-order valence-electron chi connectivity index (χ3n) is 4.35. The number of halogens is 1. The molecule has 0 spiro atoms.